The summed E-state index contributed by atoms with van der Waals surface area (Å²) < 4.78 is 56.8. The molecular weight excluding hydrogens is 394 g/mol. The van der Waals surface area contributed by atoms with E-state index in [1.807, 2.05) is 6.92 Å². The number of halogens is 1. The third-order valence-electron chi connectivity index (χ3n) is 2.64. The molecule has 0 amide bonds. The van der Waals surface area contributed by atoms with Gasteiger partial charge in [0.25, 0.3) is 0 Å². The van der Waals surface area contributed by atoms with Crippen LogP contribution in [0.4, 0.5) is 0 Å². The van der Waals surface area contributed by atoms with Gasteiger partial charge < -0.3 is 15.0 Å². The number of aryl methyl sites for hydroxylation is 1. The first-order chi connectivity index (χ1) is 11.3. The molecule has 0 saturated carbocycles. The molecule has 8 nitrogen and oxygen atoms in total. The topological polar surface area (TPSA) is 144 Å². The second-order valence-corrected chi connectivity index (χ2v) is 8.95. The van der Waals surface area contributed by atoms with E-state index in [4.69, 9.17) is 17.3 Å². The number of hydrogen-bond acceptors (Lipinski definition) is 8. The fourth-order valence-corrected chi connectivity index (χ4v) is 2.38. The highest BCUT2D eigenvalue weighted by Gasteiger charge is 2.12. The Morgan fingerprint density at radius 2 is 1.76 bits per heavy atom. The monoisotopic (exact) mass is 412 g/mol. The first kappa shape index (κ1) is 23.5. The van der Waals surface area contributed by atoms with Crippen molar-refractivity contribution >= 4 is 37.5 Å². The molecule has 0 aliphatic rings. The predicted octanol–water partition coefficient (Wildman–Crippen LogP) is 0.901. The van der Waals surface area contributed by atoms with E-state index in [2.05, 4.69) is 4.74 Å². The number of carbonyl (C=O) groups excluding carboxylic acids is 1. The van der Waals surface area contributed by atoms with Gasteiger partial charge in [0, 0.05) is 12.3 Å². The van der Waals surface area contributed by atoms with Crippen LogP contribution in [0.3, 0.4) is 0 Å². The van der Waals surface area contributed by atoms with Crippen LogP contribution in [0, 0.1) is 6.92 Å². The highest BCUT2D eigenvalue weighted by molar-refractivity contribution is 7.96. The number of methoxy groups -OCH3 is 1. The molecule has 0 spiro atoms. The maximum Gasteiger partial charge on any atom is 0.307 e. The molecule has 142 valence electrons. The number of benzene rings is 1. The second-order valence-electron chi connectivity index (χ2n) is 4.95. The van der Waals surface area contributed by atoms with Crippen LogP contribution >= 0.6 is 11.6 Å². The predicted molar refractivity (Wildman–Crippen MR) is 92.5 cm³/mol. The van der Waals surface area contributed by atoms with E-state index in [1.165, 1.54) is 19.2 Å². The van der Waals surface area contributed by atoms with E-state index >= 15 is 0 Å². The Morgan fingerprint density at radius 1 is 1.28 bits per heavy atom. The van der Waals surface area contributed by atoms with Gasteiger partial charge in [-0.3, -0.25) is 4.79 Å². The van der Waals surface area contributed by atoms with Crippen molar-refractivity contribution in [2.24, 2.45) is 5.73 Å². The van der Waals surface area contributed by atoms with Crippen molar-refractivity contribution in [2.45, 2.75) is 24.3 Å². The van der Waals surface area contributed by atoms with Gasteiger partial charge in [0.1, 0.15) is 14.5 Å². The number of carbonyl (C=O) groups is 1. The fourth-order valence-electron chi connectivity index (χ4n) is 1.33. The number of hydrogen-bond donors (Lipinski definition) is 1. The molecule has 0 radical (unpaired) electrons. The van der Waals surface area contributed by atoms with Gasteiger partial charge in [0.05, 0.1) is 18.4 Å². The molecule has 11 heteroatoms. The lowest BCUT2D eigenvalue weighted by Crippen LogP contribution is -2.22. The number of esters is 1. The third kappa shape index (κ3) is 10.2. The summed E-state index contributed by atoms with van der Waals surface area (Å²) in [6.45, 7) is 1.82. The molecule has 1 aromatic rings. The quantitative estimate of drug-likeness (QED) is 0.554. The van der Waals surface area contributed by atoms with Crippen molar-refractivity contribution in [1.82, 2.24) is 0 Å². The first-order valence-corrected chi connectivity index (χ1v) is 10.4. The summed E-state index contributed by atoms with van der Waals surface area (Å²) in [6, 6.07) is 5.02. The molecule has 0 fully saturated rings. The third-order valence-corrected chi connectivity index (χ3v) is 5.30. The minimum Gasteiger partial charge on any atom is -0.744 e. The maximum atomic E-state index is 10.9. The molecule has 0 aliphatic carbocycles. The SMILES string of the molecule is COC(=O)C[C@H](N)/C=C(\Cl)S(C)(=O)=O.Cc1ccc(S(=O)(=O)[O-])cc1. The summed E-state index contributed by atoms with van der Waals surface area (Å²) in [5.41, 5.74) is 6.35. The average Bonchev–Trinajstić information content (AvgIpc) is 2.46. The Kier molecular flexibility index (Phi) is 9.30. The highest BCUT2D eigenvalue weighted by Crippen LogP contribution is 2.11. The van der Waals surface area contributed by atoms with Crippen molar-refractivity contribution in [2.75, 3.05) is 13.4 Å². The molecule has 0 aliphatic heterocycles. The molecule has 1 rings (SSSR count). The van der Waals surface area contributed by atoms with Gasteiger partial charge in [-0.05, 0) is 25.1 Å². The van der Waals surface area contributed by atoms with E-state index in [9.17, 15) is 26.2 Å². The molecule has 25 heavy (non-hydrogen) atoms. The lowest BCUT2D eigenvalue weighted by molar-refractivity contribution is -0.140. The minimum atomic E-state index is -4.27. The molecular formula is C14H19ClNO7S2-. The summed E-state index contributed by atoms with van der Waals surface area (Å²) in [6.07, 6.45) is 1.95. The zero-order valence-corrected chi connectivity index (χ0v) is 16.2. The lowest BCUT2D eigenvalue weighted by Gasteiger charge is -2.05. The lowest BCUT2D eigenvalue weighted by atomic mass is 10.2. The van der Waals surface area contributed by atoms with Gasteiger partial charge in [-0.2, -0.15) is 0 Å². The van der Waals surface area contributed by atoms with Gasteiger partial charge in [0.15, 0.2) is 9.84 Å². The van der Waals surface area contributed by atoms with Crippen LogP contribution in [0.1, 0.15) is 12.0 Å². The van der Waals surface area contributed by atoms with Gasteiger partial charge in [-0.15, -0.1) is 0 Å². The molecule has 0 heterocycles. The Hall–Kier alpha value is -1.46. The summed E-state index contributed by atoms with van der Waals surface area (Å²) in [5, 5.41) is 0. The maximum absolute atomic E-state index is 10.9. The Bertz CT molecular complexity index is 815. The van der Waals surface area contributed by atoms with Crippen LogP contribution in [0.25, 0.3) is 0 Å². The smallest absolute Gasteiger partial charge is 0.307 e. The zero-order chi connectivity index (χ0) is 19.8. The van der Waals surface area contributed by atoms with Crippen molar-refractivity contribution < 1.29 is 30.9 Å². The second kappa shape index (κ2) is 9.88. The molecule has 2 N–H and O–H groups in total. The van der Waals surface area contributed by atoms with Crippen LogP contribution in [-0.4, -0.2) is 46.8 Å². The van der Waals surface area contributed by atoms with Crippen molar-refractivity contribution in [3.63, 3.8) is 0 Å². The largest absolute Gasteiger partial charge is 0.744 e. The first-order valence-electron chi connectivity index (χ1n) is 6.69. The van der Waals surface area contributed by atoms with Crippen molar-refractivity contribution in [3.05, 3.63) is 40.3 Å². The molecule has 0 bridgehead atoms. The van der Waals surface area contributed by atoms with Gasteiger partial charge in [-0.1, -0.05) is 29.3 Å². The van der Waals surface area contributed by atoms with Gasteiger partial charge in [0.2, 0.25) is 0 Å². The summed E-state index contributed by atoms with van der Waals surface area (Å²) in [5.74, 6) is -0.522. The minimum absolute atomic E-state index is 0.109. The van der Waals surface area contributed by atoms with E-state index in [1.54, 1.807) is 12.1 Å². The van der Waals surface area contributed by atoms with Crippen molar-refractivity contribution in [3.8, 4) is 0 Å². The van der Waals surface area contributed by atoms with Crippen LogP contribution in [0.5, 0.6) is 0 Å². The van der Waals surface area contributed by atoms with Crippen LogP contribution < -0.4 is 5.73 Å². The summed E-state index contributed by atoms with van der Waals surface area (Å²) in [4.78, 5) is 10.6. The summed E-state index contributed by atoms with van der Waals surface area (Å²) in [7, 11) is -6.50. The Morgan fingerprint density at radius 3 is 2.12 bits per heavy atom. The molecule has 0 unspecified atom stereocenters. The molecule has 1 atom stereocenters. The van der Waals surface area contributed by atoms with E-state index in [-0.39, 0.29) is 15.7 Å². The zero-order valence-electron chi connectivity index (χ0n) is 13.8. The number of rotatable bonds is 5. The van der Waals surface area contributed by atoms with E-state index in [0.29, 0.717) is 0 Å². The van der Waals surface area contributed by atoms with E-state index in [0.717, 1.165) is 17.9 Å². The highest BCUT2D eigenvalue weighted by atomic mass is 35.5. The number of ether oxygens (including phenoxy) is 1. The fraction of sp³-hybridized carbons (Fsp3) is 0.357. The average molecular weight is 413 g/mol. The number of sulfone groups is 1. The normalized spacial score (nSPS) is 13.4. The van der Waals surface area contributed by atoms with Gasteiger partial charge in [-0.25, -0.2) is 16.8 Å². The summed E-state index contributed by atoms with van der Waals surface area (Å²) >= 11 is 5.42. The van der Waals surface area contributed by atoms with E-state index < -0.39 is 32.0 Å². The number of nitrogens with two attached hydrogens (primary N) is 1. The van der Waals surface area contributed by atoms with Crippen LogP contribution in [0.2, 0.25) is 0 Å². The Labute approximate surface area is 152 Å². The van der Waals surface area contributed by atoms with Gasteiger partial charge >= 0.3 is 5.97 Å². The standard InChI is InChI=1S/C7H12ClNO4S.C7H8O3S/c1-13-7(10)4-5(9)3-6(8)14(2,11)12;1-6-2-4-7(5-3-6)11(8,9)10/h3,5H,4,9H2,1-2H3;2-5H,1H3,(H,8,9,10)/p-1/b6-3+;/t5-;/m1./s1. The molecule has 0 aromatic heterocycles. The Balaban J connectivity index is 0.000000472. The molecule has 0 saturated heterocycles. The van der Waals surface area contributed by atoms with Crippen LogP contribution in [0.15, 0.2) is 39.6 Å². The van der Waals surface area contributed by atoms with Crippen molar-refractivity contribution in [1.29, 1.82) is 0 Å². The van der Waals surface area contributed by atoms with Crippen LogP contribution in [-0.2, 0) is 29.5 Å². The molecule has 1 aromatic carbocycles.